The summed E-state index contributed by atoms with van der Waals surface area (Å²) in [5.41, 5.74) is 0. The molecule has 2 atom stereocenters. The molecule has 2 heterocycles. The lowest BCUT2D eigenvalue weighted by atomic mass is 10.2. The van der Waals surface area contributed by atoms with E-state index in [0.717, 1.165) is 4.90 Å². The van der Waals surface area contributed by atoms with Crippen molar-refractivity contribution in [2.45, 2.75) is 12.1 Å². The minimum atomic E-state index is -3.09. The summed E-state index contributed by atoms with van der Waals surface area (Å²) in [4.78, 5) is 22.4. The van der Waals surface area contributed by atoms with Crippen LogP contribution in [-0.4, -0.2) is 49.3 Å². The molecule has 0 unspecified atom stereocenters. The molecule has 2 saturated heterocycles. The number of rotatable bonds is 1. The SMILES string of the molecule is O=CN1C(=O)N[C@@H]2CS(=O)(=O)C[C@H]21. The van der Waals surface area contributed by atoms with E-state index in [1.54, 1.807) is 0 Å². The second-order valence-electron chi connectivity index (χ2n) is 3.21. The summed E-state index contributed by atoms with van der Waals surface area (Å²) in [6.07, 6.45) is 0.376. The third-order valence-electron chi connectivity index (χ3n) is 2.34. The van der Waals surface area contributed by atoms with Gasteiger partial charge in [0.25, 0.3) is 0 Å². The molecular formula is C6H8N2O4S. The second-order valence-corrected chi connectivity index (χ2v) is 5.37. The zero-order valence-electron chi connectivity index (χ0n) is 6.63. The molecule has 2 aliphatic heterocycles. The number of hydrogen-bond donors (Lipinski definition) is 1. The van der Waals surface area contributed by atoms with Gasteiger partial charge in [-0.15, -0.1) is 0 Å². The summed E-state index contributed by atoms with van der Waals surface area (Å²) >= 11 is 0. The molecule has 0 spiro atoms. The van der Waals surface area contributed by atoms with Crippen LogP contribution in [0, 0.1) is 0 Å². The fourth-order valence-corrected chi connectivity index (χ4v) is 3.65. The Kier molecular flexibility index (Phi) is 1.59. The summed E-state index contributed by atoms with van der Waals surface area (Å²) in [6.45, 7) is 0. The van der Waals surface area contributed by atoms with E-state index in [-0.39, 0.29) is 11.5 Å². The van der Waals surface area contributed by atoms with Crippen LogP contribution in [0.5, 0.6) is 0 Å². The lowest BCUT2D eigenvalue weighted by molar-refractivity contribution is -0.116. The van der Waals surface area contributed by atoms with E-state index in [0.29, 0.717) is 6.41 Å². The molecular weight excluding hydrogens is 196 g/mol. The van der Waals surface area contributed by atoms with Crippen LogP contribution in [0.15, 0.2) is 0 Å². The number of nitrogens with one attached hydrogen (secondary N) is 1. The van der Waals surface area contributed by atoms with Crippen LogP contribution in [0.2, 0.25) is 0 Å². The number of urea groups is 1. The Morgan fingerprint density at radius 2 is 2.15 bits per heavy atom. The molecule has 6 nitrogen and oxygen atoms in total. The van der Waals surface area contributed by atoms with Crippen molar-refractivity contribution in [3.05, 3.63) is 0 Å². The van der Waals surface area contributed by atoms with Crippen LogP contribution in [0.25, 0.3) is 0 Å². The largest absolute Gasteiger partial charge is 0.332 e. The van der Waals surface area contributed by atoms with Gasteiger partial charge >= 0.3 is 6.03 Å². The van der Waals surface area contributed by atoms with Crippen molar-refractivity contribution < 1.29 is 18.0 Å². The van der Waals surface area contributed by atoms with Crippen molar-refractivity contribution in [3.63, 3.8) is 0 Å². The number of fused-ring (bicyclic) bond motifs is 1. The molecule has 1 N–H and O–H groups in total. The van der Waals surface area contributed by atoms with Crippen molar-refractivity contribution in [2.75, 3.05) is 11.5 Å². The first kappa shape index (κ1) is 8.49. The van der Waals surface area contributed by atoms with Crippen molar-refractivity contribution in [3.8, 4) is 0 Å². The van der Waals surface area contributed by atoms with E-state index in [1.807, 2.05) is 0 Å². The van der Waals surface area contributed by atoms with E-state index in [4.69, 9.17) is 0 Å². The van der Waals surface area contributed by atoms with Gasteiger partial charge in [0.1, 0.15) is 0 Å². The quantitative estimate of drug-likeness (QED) is 0.409. The van der Waals surface area contributed by atoms with Crippen LogP contribution < -0.4 is 5.32 Å². The highest BCUT2D eigenvalue weighted by Gasteiger charge is 2.48. The second kappa shape index (κ2) is 2.44. The first-order valence-electron chi connectivity index (χ1n) is 3.78. The van der Waals surface area contributed by atoms with Crippen LogP contribution in [0.1, 0.15) is 0 Å². The molecule has 3 amide bonds. The average Bonchev–Trinajstić information content (AvgIpc) is 2.39. The van der Waals surface area contributed by atoms with E-state index < -0.39 is 28.0 Å². The predicted molar refractivity (Wildman–Crippen MR) is 42.7 cm³/mol. The highest BCUT2D eigenvalue weighted by Crippen LogP contribution is 2.22. The Bertz CT molecular complexity index is 363. The van der Waals surface area contributed by atoms with Gasteiger partial charge in [0, 0.05) is 0 Å². The minimum Gasteiger partial charge on any atom is -0.332 e. The molecule has 72 valence electrons. The van der Waals surface area contributed by atoms with Gasteiger partial charge in [-0.05, 0) is 0 Å². The Labute approximate surface area is 74.8 Å². The number of amides is 3. The fraction of sp³-hybridized carbons (Fsp3) is 0.667. The Morgan fingerprint density at radius 1 is 1.46 bits per heavy atom. The Hall–Kier alpha value is -1.11. The third kappa shape index (κ3) is 1.19. The standard InChI is InChI=1S/C6H8N2O4S/c9-3-8-5-2-13(11,12)1-4(5)7-6(8)10/h3-5H,1-2H2,(H,7,10)/t4-,5-/m1/s1. The number of imide groups is 1. The smallest absolute Gasteiger partial charge is 0.324 e. The lowest BCUT2D eigenvalue weighted by Gasteiger charge is -2.11. The van der Waals surface area contributed by atoms with Gasteiger partial charge in [0.2, 0.25) is 6.41 Å². The zero-order chi connectivity index (χ0) is 9.64. The summed E-state index contributed by atoms with van der Waals surface area (Å²) in [5, 5.41) is 2.45. The number of nitrogens with zero attached hydrogens (tertiary/aromatic N) is 1. The van der Waals surface area contributed by atoms with Gasteiger partial charge < -0.3 is 5.32 Å². The highest BCUT2D eigenvalue weighted by atomic mass is 32.2. The topological polar surface area (TPSA) is 83.6 Å². The van der Waals surface area contributed by atoms with Gasteiger partial charge in [-0.2, -0.15) is 0 Å². The van der Waals surface area contributed by atoms with Gasteiger partial charge in [0.05, 0.1) is 23.6 Å². The first-order chi connectivity index (χ1) is 6.03. The van der Waals surface area contributed by atoms with Crippen LogP contribution in [-0.2, 0) is 14.6 Å². The van der Waals surface area contributed by atoms with Gasteiger partial charge in [-0.1, -0.05) is 0 Å². The van der Waals surface area contributed by atoms with E-state index in [2.05, 4.69) is 5.32 Å². The van der Waals surface area contributed by atoms with E-state index in [1.165, 1.54) is 0 Å². The Morgan fingerprint density at radius 3 is 2.77 bits per heavy atom. The molecule has 0 radical (unpaired) electrons. The monoisotopic (exact) mass is 204 g/mol. The predicted octanol–water partition coefficient (Wildman–Crippen LogP) is -1.67. The maximum Gasteiger partial charge on any atom is 0.324 e. The third-order valence-corrected chi connectivity index (χ3v) is 4.05. The van der Waals surface area contributed by atoms with Crippen LogP contribution in [0.3, 0.4) is 0 Å². The molecule has 7 heteroatoms. The summed E-state index contributed by atoms with van der Waals surface area (Å²) in [7, 11) is -3.09. The number of hydrogen-bond acceptors (Lipinski definition) is 4. The van der Waals surface area contributed by atoms with E-state index >= 15 is 0 Å². The number of sulfone groups is 1. The van der Waals surface area contributed by atoms with Crippen LogP contribution >= 0.6 is 0 Å². The average molecular weight is 204 g/mol. The molecule has 13 heavy (non-hydrogen) atoms. The van der Waals surface area contributed by atoms with Crippen molar-refractivity contribution in [1.82, 2.24) is 10.2 Å². The van der Waals surface area contributed by atoms with Crippen LogP contribution in [0.4, 0.5) is 4.79 Å². The highest BCUT2D eigenvalue weighted by molar-refractivity contribution is 7.91. The van der Waals surface area contributed by atoms with E-state index in [9.17, 15) is 18.0 Å². The van der Waals surface area contributed by atoms with Gasteiger partial charge in [-0.25, -0.2) is 13.2 Å². The molecule has 2 fully saturated rings. The van der Waals surface area contributed by atoms with Crippen molar-refractivity contribution in [1.29, 1.82) is 0 Å². The minimum absolute atomic E-state index is 0.0618. The number of carbonyl (C=O) groups is 2. The summed E-state index contributed by atoms with van der Waals surface area (Å²) in [6, 6.07) is -1.42. The molecule has 0 saturated carbocycles. The lowest BCUT2D eigenvalue weighted by Crippen LogP contribution is -2.35. The normalized spacial score (nSPS) is 35.7. The molecule has 0 aliphatic carbocycles. The summed E-state index contributed by atoms with van der Waals surface area (Å²) in [5.74, 6) is -0.178. The molecule has 2 aliphatic rings. The molecule has 0 aromatic carbocycles. The van der Waals surface area contributed by atoms with Gasteiger partial charge in [-0.3, -0.25) is 9.69 Å². The fourth-order valence-electron chi connectivity index (χ4n) is 1.75. The maximum absolute atomic E-state index is 11.1. The molecule has 2 rings (SSSR count). The van der Waals surface area contributed by atoms with Gasteiger partial charge in [0.15, 0.2) is 9.84 Å². The molecule has 0 aromatic rings. The maximum atomic E-state index is 11.1. The number of carbonyl (C=O) groups excluding carboxylic acids is 2. The first-order valence-corrected chi connectivity index (χ1v) is 5.60. The Balaban J connectivity index is 2.29. The zero-order valence-corrected chi connectivity index (χ0v) is 7.45. The summed E-state index contributed by atoms with van der Waals surface area (Å²) < 4.78 is 22.2. The van der Waals surface area contributed by atoms with Crippen molar-refractivity contribution in [2.24, 2.45) is 0 Å². The molecule has 0 bridgehead atoms. The van der Waals surface area contributed by atoms with Crippen molar-refractivity contribution >= 4 is 22.3 Å². The molecule has 0 aromatic heterocycles.